The average Bonchev–Trinajstić information content (AvgIpc) is 2.76. The molecular formula is C21H21N3O5. The molecule has 0 bridgehead atoms. The lowest BCUT2D eigenvalue weighted by atomic mass is 10.1. The Morgan fingerprint density at radius 1 is 1.10 bits per heavy atom. The maximum atomic E-state index is 12.5. The number of hydrogen-bond donors (Lipinski definition) is 3. The smallest absolute Gasteiger partial charge is 0.274 e. The number of nitrogens with zero attached hydrogens (tertiary/aromatic N) is 1. The maximum absolute atomic E-state index is 12.5. The van der Waals surface area contributed by atoms with Gasteiger partial charge in [0, 0.05) is 17.0 Å². The summed E-state index contributed by atoms with van der Waals surface area (Å²) >= 11 is 0. The molecule has 3 rings (SSSR count). The number of nitrogens with one attached hydrogen (secondary N) is 2. The van der Waals surface area contributed by atoms with Crippen molar-refractivity contribution in [1.29, 1.82) is 0 Å². The van der Waals surface area contributed by atoms with E-state index in [9.17, 15) is 9.59 Å². The van der Waals surface area contributed by atoms with Crippen molar-refractivity contribution in [2.45, 2.75) is 13.0 Å². The Morgan fingerprint density at radius 2 is 1.83 bits per heavy atom. The quantitative estimate of drug-likeness (QED) is 0.419. The monoisotopic (exact) mass is 395 g/mol. The number of methoxy groups -OCH3 is 1. The summed E-state index contributed by atoms with van der Waals surface area (Å²) in [6.45, 7) is 2.07. The molecule has 8 heteroatoms. The topological polar surface area (TPSA) is 110 Å². The van der Waals surface area contributed by atoms with E-state index < -0.39 is 5.91 Å². The van der Waals surface area contributed by atoms with E-state index in [2.05, 4.69) is 10.3 Å². The summed E-state index contributed by atoms with van der Waals surface area (Å²) in [5.41, 5.74) is 2.80. The molecule has 3 aromatic rings. The van der Waals surface area contributed by atoms with E-state index in [-0.39, 0.29) is 24.2 Å². The van der Waals surface area contributed by atoms with Crippen LogP contribution in [0.15, 0.2) is 54.6 Å². The van der Waals surface area contributed by atoms with E-state index in [0.29, 0.717) is 22.6 Å². The van der Waals surface area contributed by atoms with Gasteiger partial charge in [0.2, 0.25) is 0 Å². The fourth-order valence-corrected chi connectivity index (χ4v) is 2.78. The molecule has 0 radical (unpaired) electrons. The number of hydrogen-bond acceptors (Lipinski definition) is 6. The highest BCUT2D eigenvalue weighted by Gasteiger charge is 2.14. The number of aromatic nitrogens is 1. The second-order valence-corrected chi connectivity index (χ2v) is 6.33. The van der Waals surface area contributed by atoms with Gasteiger partial charge in [0.05, 0.1) is 19.2 Å². The second-order valence-electron chi connectivity index (χ2n) is 6.33. The number of benzene rings is 2. The zero-order valence-corrected chi connectivity index (χ0v) is 16.0. The fourth-order valence-electron chi connectivity index (χ4n) is 2.78. The summed E-state index contributed by atoms with van der Waals surface area (Å²) < 4.78 is 11.1. The number of amides is 2. The van der Waals surface area contributed by atoms with Crippen molar-refractivity contribution in [2.24, 2.45) is 0 Å². The number of hydroxylamine groups is 1. The van der Waals surface area contributed by atoms with Gasteiger partial charge < -0.3 is 14.8 Å². The first kappa shape index (κ1) is 20.1. The van der Waals surface area contributed by atoms with E-state index in [0.717, 1.165) is 5.39 Å². The van der Waals surface area contributed by atoms with E-state index >= 15 is 0 Å². The molecule has 8 nitrogen and oxygen atoms in total. The van der Waals surface area contributed by atoms with Crippen molar-refractivity contribution in [1.82, 2.24) is 15.8 Å². The maximum Gasteiger partial charge on any atom is 0.274 e. The predicted octanol–water partition coefficient (Wildman–Crippen LogP) is 2.56. The fraction of sp³-hybridized carbons (Fsp3) is 0.190. The molecule has 150 valence electrons. The molecule has 3 N–H and O–H groups in total. The van der Waals surface area contributed by atoms with Gasteiger partial charge in [-0.1, -0.05) is 12.1 Å². The highest BCUT2D eigenvalue weighted by atomic mass is 16.5. The molecule has 0 fully saturated rings. The molecule has 1 heterocycles. The predicted molar refractivity (Wildman–Crippen MR) is 106 cm³/mol. The van der Waals surface area contributed by atoms with Gasteiger partial charge in [0.15, 0.2) is 0 Å². The number of rotatable bonds is 7. The normalized spacial score (nSPS) is 11.6. The van der Waals surface area contributed by atoms with Gasteiger partial charge in [-0.3, -0.25) is 14.8 Å². The molecule has 0 unspecified atom stereocenters. The minimum atomic E-state index is -0.602. The summed E-state index contributed by atoms with van der Waals surface area (Å²) in [7, 11) is 1.55. The van der Waals surface area contributed by atoms with Crippen molar-refractivity contribution < 1.29 is 24.3 Å². The first-order chi connectivity index (χ1) is 14.0. The van der Waals surface area contributed by atoms with Crippen molar-refractivity contribution in [2.75, 3.05) is 13.7 Å². The van der Waals surface area contributed by atoms with Gasteiger partial charge >= 0.3 is 0 Å². The highest BCUT2D eigenvalue weighted by molar-refractivity contribution is 5.97. The third-order valence-electron chi connectivity index (χ3n) is 4.24. The molecule has 2 aromatic carbocycles. The Labute approximate surface area is 167 Å². The zero-order chi connectivity index (χ0) is 20.8. The van der Waals surface area contributed by atoms with Gasteiger partial charge in [0.1, 0.15) is 23.3 Å². The number of fused-ring (bicyclic) bond motifs is 1. The van der Waals surface area contributed by atoms with Crippen LogP contribution in [0, 0.1) is 0 Å². The van der Waals surface area contributed by atoms with Crippen LogP contribution in [0.25, 0.3) is 10.9 Å². The Balaban J connectivity index is 1.61. The minimum Gasteiger partial charge on any atom is -0.496 e. The number of carbonyl (C=O) groups excluding carboxylic acids is 2. The number of carbonyl (C=O) groups is 2. The molecule has 0 saturated carbocycles. The van der Waals surface area contributed by atoms with E-state index in [1.807, 2.05) is 31.2 Å². The summed E-state index contributed by atoms with van der Waals surface area (Å²) in [6, 6.07) is 15.3. The van der Waals surface area contributed by atoms with Crippen LogP contribution in [-0.2, 0) is 0 Å². The van der Waals surface area contributed by atoms with E-state index in [1.165, 1.54) is 12.1 Å². The molecule has 0 spiro atoms. The van der Waals surface area contributed by atoms with Crippen LogP contribution in [0.5, 0.6) is 11.5 Å². The standard InChI is InChI=1S/C21H21N3O5/c1-13(29-15-9-7-14(8-10-15)20(25)24-27)12-22-21(26)18-11-19(28-2)16-5-3-4-6-17(16)23-18/h3-11,13,27H,12H2,1-2H3,(H,22,26)(H,24,25)/t13-/m1/s1. The molecule has 2 amide bonds. The van der Waals surface area contributed by atoms with Crippen LogP contribution in [0.2, 0.25) is 0 Å². The molecule has 1 aromatic heterocycles. The van der Waals surface area contributed by atoms with E-state index in [4.69, 9.17) is 14.7 Å². The van der Waals surface area contributed by atoms with Crippen LogP contribution >= 0.6 is 0 Å². The van der Waals surface area contributed by atoms with Gasteiger partial charge in [0.25, 0.3) is 11.8 Å². The number of ether oxygens (including phenoxy) is 2. The molecule has 29 heavy (non-hydrogen) atoms. The summed E-state index contributed by atoms with van der Waals surface area (Å²) in [5.74, 6) is 0.179. The zero-order valence-electron chi connectivity index (χ0n) is 16.0. The van der Waals surface area contributed by atoms with Crippen molar-refractivity contribution in [3.05, 3.63) is 65.9 Å². The molecular weight excluding hydrogens is 374 g/mol. The number of pyridine rings is 1. The Morgan fingerprint density at radius 3 is 2.52 bits per heavy atom. The van der Waals surface area contributed by atoms with Crippen LogP contribution in [0.3, 0.4) is 0 Å². The third-order valence-corrected chi connectivity index (χ3v) is 4.24. The van der Waals surface area contributed by atoms with E-state index in [1.54, 1.807) is 30.8 Å². The molecule has 0 aliphatic heterocycles. The first-order valence-electron chi connectivity index (χ1n) is 8.95. The van der Waals surface area contributed by atoms with Gasteiger partial charge in [-0.25, -0.2) is 10.5 Å². The average molecular weight is 395 g/mol. The first-order valence-corrected chi connectivity index (χ1v) is 8.95. The molecule has 0 saturated heterocycles. The number of para-hydroxylation sites is 1. The van der Waals surface area contributed by atoms with Crippen molar-refractivity contribution >= 4 is 22.7 Å². The molecule has 0 aliphatic rings. The molecule has 1 atom stereocenters. The summed E-state index contributed by atoms with van der Waals surface area (Å²) in [6.07, 6.45) is -0.321. The van der Waals surface area contributed by atoms with Gasteiger partial charge in [-0.05, 0) is 43.3 Å². The summed E-state index contributed by atoms with van der Waals surface area (Å²) in [5, 5.41) is 12.3. The second kappa shape index (κ2) is 9.03. The summed E-state index contributed by atoms with van der Waals surface area (Å²) in [4.78, 5) is 28.2. The Hall–Kier alpha value is -3.65. The largest absolute Gasteiger partial charge is 0.496 e. The Kier molecular flexibility index (Phi) is 6.25. The van der Waals surface area contributed by atoms with Gasteiger partial charge in [-0.15, -0.1) is 0 Å². The van der Waals surface area contributed by atoms with Crippen LogP contribution in [0.4, 0.5) is 0 Å². The van der Waals surface area contributed by atoms with Crippen molar-refractivity contribution in [3.63, 3.8) is 0 Å². The van der Waals surface area contributed by atoms with Crippen molar-refractivity contribution in [3.8, 4) is 11.5 Å². The lowest BCUT2D eigenvalue weighted by Gasteiger charge is -2.16. The van der Waals surface area contributed by atoms with Crippen LogP contribution < -0.4 is 20.3 Å². The van der Waals surface area contributed by atoms with Gasteiger partial charge in [-0.2, -0.15) is 0 Å². The lowest BCUT2D eigenvalue weighted by molar-refractivity contribution is 0.0706. The van der Waals surface area contributed by atoms with Crippen LogP contribution in [0.1, 0.15) is 27.8 Å². The SMILES string of the molecule is COc1cc(C(=O)NC[C@@H](C)Oc2ccc(C(=O)NO)cc2)nc2ccccc12. The highest BCUT2D eigenvalue weighted by Crippen LogP contribution is 2.24. The Bertz CT molecular complexity index is 1020. The minimum absolute atomic E-state index is 0.257. The lowest BCUT2D eigenvalue weighted by Crippen LogP contribution is -2.34. The molecule has 0 aliphatic carbocycles. The van der Waals surface area contributed by atoms with Crippen LogP contribution in [-0.4, -0.2) is 41.8 Å². The third kappa shape index (κ3) is 4.80.